The quantitative estimate of drug-likeness (QED) is 0.929. The molecule has 0 aliphatic heterocycles. The topological polar surface area (TPSA) is 55.1 Å². The first kappa shape index (κ1) is 14.3. The number of carbonyl (C=O) groups excluding carboxylic acids is 1. The van der Waals surface area contributed by atoms with Crippen LogP contribution in [0.15, 0.2) is 4.52 Å². The van der Waals surface area contributed by atoms with Crippen molar-refractivity contribution < 1.29 is 9.32 Å². The first-order valence-corrected chi connectivity index (χ1v) is 8.71. The Balaban J connectivity index is 1.37. The number of rotatable bonds is 4. The molecule has 0 spiro atoms. The van der Waals surface area contributed by atoms with Crippen LogP contribution in [0.5, 0.6) is 0 Å². The zero-order valence-electron chi connectivity index (χ0n) is 13.7. The molecule has 4 fully saturated rings. The van der Waals surface area contributed by atoms with E-state index in [0.29, 0.717) is 11.8 Å². The summed E-state index contributed by atoms with van der Waals surface area (Å²) in [6.07, 6.45) is 8.76. The van der Waals surface area contributed by atoms with Gasteiger partial charge in [-0.05, 0) is 75.5 Å². The van der Waals surface area contributed by atoms with Gasteiger partial charge in [-0.15, -0.1) is 0 Å². The minimum Gasteiger partial charge on any atom is -0.361 e. The van der Waals surface area contributed by atoms with E-state index < -0.39 is 0 Å². The number of nitrogens with one attached hydrogen (secondary N) is 1. The second-order valence-corrected chi connectivity index (χ2v) is 8.17. The molecule has 0 unspecified atom stereocenters. The van der Waals surface area contributed by atoms with Crippen LogP contribution in [0.4, 0.5) is 0 Å². The lowest BCUT2D eigenvalue weighted by Crippen LogP contribution is -2.51. The van der Waals surface area contributed by atoms with Gasteiger partial charge in [0.1, 0.15) is 5.76 Å². The van der Waals surface area contributed by atoms with Crippen molar-refractivity contribution >= 4 is 5.91 Å². The summed E-state index contributed by atoms with van der Waals surface area (Å²) in [7, 11) is 0. The Kier molecular flexibility index (Phi) is 3.31. The molecule has 22 heavy (non-hydrogen) atoms. The van der Waals surface area contributed by atoms with Gasteiger partial charge in [-0.2, -0.15) is 0 Å². The minimum atomic E-state index is 0.116. The van der Waals surface area contributed by atoms with E-state index in [1.165, 1.54) is 38.5 Å². The van der Waals surface area contributed by atoms with E-state index in [9.17, 15) is 4.79 Å². The first-order chi connectivity index (χ1) is 10.5. The SMILES string of the molecule is Cc1noc(C)c1CC(=O)NCC12CC3CC(CC(C3)C1)C2. The summed E-state index contributed by atoms with van der Waals surface area (Å²) < 4.78 is 5.14. The smallest absolute Gasteiger partial charge is 0.224 e. The van der Waals surface area contributed by atoms with Gasteiger partial charge in [-0.1, -0.05) is 5.16 Å². The highest BCUT2D eigenvalue weighted by Gasteiger charge is 2.50. The molecule has 0 radical (unpaired) electrons. The zero-order chi connectivity index (χ0) is 15.3. The lowest BCUT2D eigenvalue weighted by atomic mass is 9.49. The van der Waals surface area contributed by atoms with E-state index in [-0.39, 0.29) is 5.91 Å². The molecule has 4 nitrogen and oxygen atoms in total. The fraction of sp³-hybridized carbons (Fsp3) is 0.778. The summed E-state index contributed by atoms with van der Waals surface area (Å²) >= 11 is 0. The monoisotopic (exact) mass is 302 g/mol. The summed E-state index contributed by atoms with van der Waals surface area (Å²) in [5, 5.41) is 7.15. The number of hydrogen-bond acceptors (Lipinski definition) is 3. The third kappa shape index (κ3) is 2.46. The second-order valence-electron chi connectivity index (χ2n) is 8.17. The Bertz CT molecular complexity index is 535. The standard InChI is InChI=1S/C18H26N2O2/c1-11-16(12(2)22-20-11)6-17(21)19-10-18-7-13-3-14(8-18)5-15(4-13)9-18/h13-15H,3-10H2,1-2H3,(H,19,21). The molecular formula is C18H26N2O2. The Morgan fingerprint density at radius 2 is 1.77 bits per heavy atom. The van der Waals surface area contributed by atoms with Gasteiger partial charge in [0.25, 0.3) is 0 Å². The second kappa shape index (κ2) is 5.10. The maximum Gasteiger partial charge on any atom is 0.224 e. The first-order valence-electron chi connectivity index (χ1n) is 8.71. The van der Waals surface area contributed by atoms with Crippen LogP contribution in [0.3, 0.4) is 0 Å². The van der Waals surface area contributed by atoms with Crippen molar-refractivity contribution in [2.75, 3.05) is 6.54 Å². The molecule has 1 aromatic rings. The number of aromatic nitrogens is 1. The summed E-state index contributed by atoms with van der Waals surface area (Å²) in [6, 6.07) is 0. The number of amides is 1. The molecule has 4 heteroatoms. The molecule has 1 heterocycles. The van der Waals surface area contributed by atoms with Crippen LogP contribution in [0, 0.1) is 37.0 Å². The summed E-state index contributed by atoms with van der Waals surface area (Å²) in [5.74, 6) is 3.69. The molecule has 1 amide bonds. The van der Waals surface area contributed by atoms with Gasteiger partial charge in [0, 0.05) is 12.1 Å². The highest BCUT2D eigenvalue weighted by molar-refractivity contribution is 5.79. The predicted octanol–water partition coefficient (Wildman–Crippen LogP) is 3.17. The molecule has 4 aliphatic carbocycles. The molecule has 0 aromatic carbocycles. The Morgan fingerprint density at radius 1 is 1.18 bits per heavy atom. The number of carbonyl (C=O) groups is 1. The van der Waals surface area contributed by atoms with Crippen LogP contribution in [0.1, 0.15) is 55.5 Å². The van der Waals surface area contributed by atoms with Gasteiger partial charge < -0.3 is 9.84 Å². The zero-order valence-corrected chi connectivity index (χ0v) is 13.7. The van der Waals surface area contributed by atoms with Crippen molar-refractivity contribution in [3.63, 3.8) is 0 Å². The van der Waals surface area contributed by atoms with Crippen LogP contribution >= 0.6 is 0 Å². The fourth-order valence-electron chi connectivity index (χ4n) is 5.77. The van der Waals surface area contributed by atoms with Crippen molar-refractivity contribution in [2.45, 2.75) is 58.8 Å². The van der Waals surface area contributed by atoms with E-state index in [1.807, 2.05) is 13.8 Å². The predicted molar refractivity (Wildman–Crippen MR) is 83.3 cm³/mol. The molecule has 120 valence electrons. The molecule has 1 N–H and O–H groups in total. The molecule has 5 rings (SSSR count). The van der Waals surface area contributed by atoms with Gasteiger partial charge in [0.2, 0.25) is 5.91 Å². The van der Waals surface area contributed by atoms with E-state index in [1.54, 1.807) is 0 Å². The maximum absolute atomic E-state index is 12.3. The van der Waals surface area contributed by atoms with E-state index >= 15 is 0 Å². The third-order valence-corrected chi connectivity index (χ3v) is 6.34. The Labute approximate surface area is 132 Å². The Morgan fingerprint density at radius 3 is 2.27 bits per heavy atom. The lowest BCUT2D eigenvalue weighted by molar-refractivity contribution is -0.122. The van der Waals surface area contributed by atoms with E-state index in [2.05, 4.69) is 10.5 Å². The van der Waals surface area contributed by atoms with Crippen LogP contribution < -0.4 is 5.32 Å². The number of aryl methyl sites for hydroxylation is 2. The lowest BCUT2D eigenvalue weighted by Gasteiger charge is -2.56. The van der Waals surface area contributed by atoms with Gasteiger partial charge in [-0.3, -0.25) is 4.79 Å². The van der Waals surface area contributed by atoms with E-state index in [0.717, 1.165) is 41.3 Å². The maximum atomic E-state index is 12.3. The largest absolute Gasteiger partial charge is 0.361 e. The highest BCUT2D eigenvalue weighted by Crippen LogP contribution is 2.59. The summed E-state index contributed by atoms with van der Waals surface area (Å²) in [5.41, 5.74) is 2.19. The average Bonchev–Trinajstić information content (AvgIpc) is 2.76. The van der Waals surface area contributed by atoms with Crippen LogP contribution in [0.2, 0.25) is 0 Å². The third-order valence-electron chi connectivity index (χ3n) is 6.34. The van der Waals surface area contributed by atoms with Gasteiger partial charge in [0.05, 0.1) is 12.1 Å². The van der Waals surface area contributed by atoms with Crippen LogP contribution in [-0.2, 0) is 11.2 Å². The molecule has 0 saturated heterocycles. The molecule has 1 aromatic heterocycles. The van der Waals surface area contributed by atoms with Crippen molar-refractivity contribution in [2.24, 2.45) is 23.2 Å². The molecule has 4 saturated carbocycles. The number of hydrogen-bond donors (Lipinski definition) is 1. The van der Waals surface area contributed by atoms with Gasteiger partial charge in [0.15, 0.2) is 0 Å². The fourth-order valence-corrected chi connectivity index (χ4v) is 5.77. The normalized spacial score (nSPS) is 35.8. The highest BCUT2D eigenvalue weighted by atomic mass is 16.5. The van der Waals surface area contributed by atoms with Gasteiger partial charge in [-0.25, -0.2) is 0 Å². The van der Waals surface area contributed by atoms with Gasteiger partial charge >= 0.3 is 0 Å². The molecule has 4 bridgehead atoms. The van der Waals surface area contributed by atoms with Crippen molar-refractivity contribution in [3.8, 4) is 0 Å². The molecule has 4 aliphatic rings. The molecular weight excluding hydrogens is 276 g/mol. The number of nitrogens with zero attached hydrogens (tertiary/aromatic N) is 1. The minimum absolute atomic E-state index is 0.116. The van der Waals surface area contributed by atoms with E-state index in [4.69, 9.17) is 4.52 Å². The molecule has 0 atom stereocenters. The van der Waals surface area contributed by atoms with Crippen molar-refractivity contribution in [1.29, 1.82) is 0 Å². The Hall–Kier alpha value is -1.32. The summed E-state index contributed by atoms with van der Waals surface area (Å²) in [6.45, 7) is 4.65. The average molecular weight is 302 g/mol. The van der Waals surface area contributed by atoms with Crippen LogP contribution in [-0.4, -0.2) is 17.6 Å². The van der Waals surface area contributed by atoms with Crippen LogP contribution in [0.25, 0.3) is 0 Å². The summed E-state index contributed by atoms with van der Waals surface area (Å²) in [4.78, 5) is 12.3. The van der Waals surface area contributed by atoms with Crippen molar-refractivity contribution in [3.05, 3.63) is 17.0 Å². The van der Waals surface area contributed by atoms with Crippen molar-refractivity contribution in [1.82, 2.24) is 10.5 Å².